The molecular formula is C42H26O. The normalized spacial score (nSPS) is 14.0. The van der Waals surface area contributed by atoms with Gasteiger partial charge in [0.15, 0.2) is 0 Å². The highest BCUT2D eigenvalue weighted by Crippen LogP contribution is 2.45. The fourth-order valence-electron chi connectivity index (χ4n) is 6.34. The molecule has 0 N–H and O–H groups in total. The number of para-hydroxylation sites is 1. The summed E-state index contributed by atoms with van der Waals surface area (Å²) in [5.74, 6) is 0. The monoisotopic (exact) mass is 553 g/mol. The van der Waals surface area contributed by atoms with E-state index in [1.54, 1.807) is 0 Å². The average molecular weight is 554 g/mol. The van der Waals surface area contributed by atoms with Crippen molar-refractivity contribution in [2.75, 3.05) is 0 Å². The smallest absolute Gasteiger partial charge is 0.136 e. The topological polar surface area (TPSA) is 13.1 Å². The lowest BCUT2D eigenvalue weighted by Gasteiger charge is -2.18. The van der Waals surface area contributed by atoms with Crippen molar-refractivity contribution in [1.29, 1.82) is 0 Å². The van der Waals surface area contributed by atoms with Crippen LogP contribution in [0, 0.1) is 0 Å². The molecule has 0 aliphatic carbocycles. The van der Waals surface area contributed by atoms with Crippen LogP contribution in [0.5, 0.6) is 0 Å². The summed E-state index contributed by atoms with van der Waals surface area (Å²) in [4.78, 5) is 0. The van der Waals surface area contributed by atoms with Crippen molar-refractivity contribution in [1.82, 2.24) is 0 Å². The van der Waals surface area contributed by atoms with Crippen molar-refractivity contribution in [3.05, 3.63) is 158 Å². The van der Waals surface area contributed by atoms with Crippen LogP contribution < -0.4 is 0 Å². The average Bonchev–Trinajstić information content (AvgIpc) is 3.57. The molecule has 0 saturated carbocycles. The van der Waals surface area contributed by atoms with Crippen molar-refractivity contribution in [3.8, 4) is 33.4 Å². The van der Waals surface area contributed by atoms with Crippen LogP contribution in [0.2, 0.25) is 0 Å². The van der Waals surface area contributed by atoms with Gasteiger partial charge >= 0.3 is 0 Å². The molecule has 0 radical (unpaired) electrons. The van der Waals surface area contributed by atoms with Crippen LogP contribution >= 0.6 is 0 Å². The standard InChI is InChI=1S/C42H26O/c1-2-10-27(11-3-1)28-18-19-30-25-31(21-20-29(30)24-28)41-35-13-4-6-15-37(35)42(38-16-7-5-14-36(38)41)32-22-23-34-33-12-8-9-17-39(33)43-40(34)26-32/h1-26H/i8D,9D,12D,17D,22D,23D,26D. The molecule has 1 nitrogen and oxygen atoms in total. The lowest BCUT2D eigenvalue weighted by molar-refractivity contribution is 0.669. The fourth-order valence-corrected chi connectivity index (χ4v) is 6.34. The van der Waals surface area contributed by atoms with Gasteiger partial charge in [0.1, 0.15) is 11.2 Å². The van der Waals surface area contributed by atoms with E-state index in [2.05, 4.69) is 48.5 Å². The van der Waals surface area contributed by atoms with E-state index in [0.717, 1.165) is 54.6 Å². The van der Waals surface area contributed by atoms with Gasteiger partial charge in [-0.15, -0.1) is 0 Å². The van der Waals surface area contributed by atoms with Crippen LogP contribution in [0.1, 0.15) is 9.60 Å². The van der Waals surface area contributed by atoms with Gasteiger partial charge in [-0.3, -0.25) is 0 Å². The Balaban J connectivity index is 1.33. The molecule has 43 heavy (non-hydrogen) atoms. The predicted octanol–water partition coefficient (Wildman–Crippen LogP) is 12.0. The molecule has 9 aromatic rings. The van der Waals surface area contributed by atoms with Crippen LogP contribution in [-0.2, 0) is 0 Å². The number of rotatable bonds is 3. The Hall–Kier alpha value is -5.66. The SMILES string of the molecule is [2H]c1c([2H])c([2H])c2c(oc3c([2H])c(-c4c5ccccc5c(-c5ccc6cc(-c7ccccc7)ccc6c5)c5ccccc45)c([2H])c([2H])c32)c1[2H]. The highest BCUT2D eigenvalue weighted by molar-refractivity contribution is 6.22. The number of furan rings is 1. The van der Waals surface area contributed by atoms with E-state index in [1.807, 2.05) is 66.7 Å². The zero-order valence-electron chi connectivity index (χ0n) is 29.9. The van der Waals surface area contributed by atoms with E-state index in [9.17, 15) is 2.74 Å². The van der Waals surface area contributed by atoms with Crippen molar-refractivity contribution in [3.63, 3.8) is 0 Å². The molecule has 0 unspecified atom stereocenters. The van der Waals surface area contributed by atoms with Gasteiger partial charge in [-0.25, -0.2) is 0 Å². The quantitative estimate of drug-likeness (QED) is 0.198. The van der Waals surface area contributed by atoms with Gasteiger partial charge in [-0.2, -0.15) is 0 Å². The molecular weight excluding hydrogens is 520 g/mol. The van der Waals surface area contributed by atoms with Crippen LogP contribution in [0.4, 0.5) is 0 Å². The van der Waals surface area contributed by atoms with E-state index in [4.69, 9.17) is 11.3 Å². The van der Waals surface area contributed by atoms with Gasteiger partial charge in [-0.1, -0.05) is 127 Å². The van der Waals surface area contributed by atoms with Crippen molar-refractivity contribution < 1.29 is 14.0 Å². The maximum absolute atomic E-state index is 9.42. The van der Waals surface area contributed by atoms with E-state index in [1.165, 1.54) is 0 Å². The molecule has 1 heteroatoms. The van der Waals surface area contributed by atoms with Crippen molar-refractivity contribution in [2.24, 2.45) is 0 Å². The second-order valence-corrected chi connectivity index (χ2v) is 10.7. The highest BCUT2D eigenvalue weighted by atomic mass is 16.3. The summed E-state index contributed by atoms with van der Waals surface area (Å²) in [5.41, 5.74) is 5.03. The minimum atomic E-state index is -0.455. The maximum Gasteiger partial charge on any atom is 0.136 e. The number of hydrogen-bond acceptors (Lipinski definition) is 1. The molecule has 0 aliphatic rings. The van der Waals surface area contributed by atoms with Crippen LogP contribution in [0.15, 0.2) is 162 Å². The van der Waals surface area contributed by atoms with Crippen LogP contribution in [-0.4, -0.2) is 0 Å². The Bertz CT molecular complexity index is 2840. The lowest BCUT2D eigenvalue weighted by Crippen LogP contribution is -1.91. The first kappa shape index (κ1) is 18.0. The Morgan fingerprint density at radius 1 is 0.395 bits per heavy atom. The summed E-state index contributed by atoms with van der Waals surface area (Å²) in [6, 6.07) is 36.9. The molecule has 0 spiro atoms. The summed E-state index contributed by atoms with van der Waals surface area (Å²) >= 11 is 0. The third-order valence-electron chi connectivity index (χ3n) is 8.30. The van der Waals surface area contributed by atoms with Gasteiger partial charge in [0.25, 0.3) is 0 Å². The molecule has 9 rings (SSSR count). The Morgan fingerprint density at radius 2 is 0.953 bits per heavy atom. The number of fused-ring (bicyclic) bond motifs is 6. The van der Waals surface area contributed by atoms with E-state index >= 15 is 0 Å². The molecule has 1 aromatic heterocycles. The largest absolute Gasteiger partial charge is 0.456 e. The highest BCUT2D eigenvalue weighted by Gasteiger charge is 2.18. The summed E-state index contributed by atoms with van der Waals surface area (Å²) < 4.78 is 67.2. The molecule has 0 atom stereocenters. The summed E-state index contributed by atoms with van der Waals surface area (Å²) in [6.07, 6.45) is 0. The van der Waals surface area contributed by atoms with Crippen LogP contribution in [0.25, 0.3) is 87.6 Å². The molecule has 1 heterocycles. The zero-order chi connectivity index (χ0) is 34.4. The first-order valence-electron chi connectivity index (χ1n) is 17.7. The van der Waals surface area contributed by atoms with Gasteiger partial charge in [-0.05, 0) is 96.0 Å². The van der Waals surface area contributed by atoms with Crippen molar-refractivity contribution >= 4 is 54.3 Å². The maximum atomic E-state index is 9.42. The van der Waals surface area contributed by atoms with Gasteiger partial charge in [0.2, 0.25) is 0 Å². The number of hydrogen-bond donors (Lipinski definition) is 0. The third-order valence-corrected chi connectivity index (χ3v) is 8.30. The first-order chi connectivity index (χ1) is 24.2. The second kappa shape index (κ2) is 9.44. The van der Waals surface area contributed by atoms with Gasteiger partial charge in [0, 0.05) is 10.8 Å². The van der Waals surface area contributed by atoms with E-state index in [-0.39, 0.29) is 57.7 Å². The summed E-state index contributed by atoms with van der Waals surface area (Å²) in [7, 11) is 0. The zero-order valence-corrected chi connectivity index (χ0v) is 22.9. The number of benzene rings is 8. The molecule has 200 valence electrons. The van der Waals surface area contributed by atoms with Gasteiger partial charge < -0.3 is 4.42 Å². The summed E-state index contributed by atoms with van der Waals surface area (Å²) in [6.45, 7) is 0. The minimum Gasteiger partial charge on any atom is -0.456 e. The first-order valence-corrected chi connectivity index (χ1v) is 14.2. The minimum absolute atomic E-state index is 0.0156. The molecule has 0 bridgehead atoms. The Morgan fingerprint density at radius 3 is 1.65 bits per heavy atom. The Labute approximate surface area is 259 Å². The molecule has 0 fully saturated rings. The molecule has 0 amide bonds. The Kier molecular flexibility index (Phi) is 3.95. The molecule has 0 saturated heterocycles. The lowest BCUT2D eigenvalue weighted by atomic mass is 9.85. The van der Waals surface area contributed by atoms with E-state index < -0.39 is 12.1 Å². The van der Waals surface area contributed by atoms with E-state index in [0.29, 0.717) is 5.56 Å². The molecule has 0 aliphatic heterocycles. The van der Waals surface area contributed by atoms with Crippen molar-refractivity contribution in [2.45, 2.75) is 0 Å². The predicted molar refractivity (Wildman–Crippen MR) is 183 cm³/mol. The third kappa shape index (κ3) is 3.79. The van der Waals surface area contributed by atoms with Gasteiger partial charge in [0.05, 0.1) is 9.60 Å². The second-order valence-electron chi connectivity index (χ2n) is 10.7. The fraction of sp³-hybridized carbons (Fsp3) is 0. The van der Waals surface area contributed by atoms with Crippen LogP contribution in [0.3, 0.4) is 0 Å². The summed E-state index contributed by atoms with van der Waals surface area (Å²) in [5, 5.41) is 5.76. The molecule has 8 aromatic carbocycles.